The molecule has 0 bridgehead atoms. The predicted octanol–water partition coefficient (Wildman–Crippen LogP) is 4.07. The average molecular weight is 329 g/mol. The first-order chi connectivity index (χ1) is 9.98. The van der Waals surface area contributed by atoms with Crippen LogP contribution in [-0.4, -0.2) is 41.3 Å². The summed E-state index contributed by atoms with van der Waals surface area (Å²) in [4.78, 5) is 18.2. The first kappa shape index (κ1) is 18.7. The maximum absolute atomic E-state index is 12.4. The molecule has 1 unspecified atom stereocenters. The second-order valence-corrected chi connectivity index (χ2v) is 7.14. The van der Waals surface area contributed by atoms with Gasteiger partial charge in [-0.2, -0.15) is 0 Å². The Balaban J connectivity index is 3.19. The molecule has 1 aromatic heterocycles. The minimum absolute atomic E-state index is 0.439. The Bertz CT molecular complexity index is 526. The van der Waals surface area contributed by atoms with Crippen LogP contribution >= 0.6 is 11.6 Å². The van der Waals surface area contributed by atoms with E-state index in [-0.39, 0.29) is 0 Å². The highest BCUT2D eigenvalue weighted by molar-refractivity contribution is 6.30. The predicted molar refractivity (Wildman–Crippen MR) is 87.1 cm³/mol. The third-order valence-electron chi connectivity index (χ3n) is 3.28. The molecule has 0 spiro atoms. The Morgan fingerprint density at radius 1 is 1.32 bits per heavy atom. The van der Waals surface area contributed by atoms with E-state index in [2.05, 4.69) is 4.98 Å². The molecule has 1 heterocycles. The summed E-state index contributed by atoms with van der Waals surface area (Å²) in [6.07, 6.45) is 1.17. The fraction of sp³-hybridized carbons (Fsp3) is 0.625. The summed E-state index contributed by atoms with van der Waals surface area (Å²) < 4.78 is 11.0. The lowest BCUT2D eigenvalue weighted by atomic mass is 9.94. The number of rotatable bonds is 4. The minimum atomic E-state index is -0.663. The Labute approximate surface area is 137 Å². The van der Waals surface area contributed by atoms with Crippen LogP contribution in [0.3, 0.4) is 0 Å². The molecule has 6 heteroatoms. The lowest BCUT2D eigenvalue weighted by molar-refractivity contribution is -0.0566. The van der Waals surface area contributed by atoms with Crippen LogP contribution in [-0.2, 0) is 9.47 Å². The fourth-order valence-corrected chi connectivity index (χ4v) is 2.31. The standard InChI is InChI=1S/C16H25ClN2O3/c1-15(2,3)22-14(20)19(6)13(16(4,5)21-7)12-10-11(17)8-9-18-12/h8-10,13H,1-7H3. The van der Waals surface area contributed by atoms with Gasteiger partial charge in [0.15, 0.2) is 0 Å². The number of carbonyl (C=O) groups excluding carboxylic acids is 1. The van der Waals surface area contributed by atoms with Crippen LogP contribution in [0.25, 0.3) is 0 Å². The van der Waals surface area contributed by atoms with Gasteiger partial charge in [0, 0.05) is 25.4 Å². The number of likely N-dealkylation sites (N-methyl/N-ethyl adjacent to an activating group) is 1. The molecule has 124 valence electrons. The van der Waals surface area contributed by atoms with E-state index in [0.29, 0.717) is 10.7 Å². The first-order valence-electron chi connectivity index (χ1n) is 7.10. The zero-order valence-corrected chi connectivity index (χ0v) is 15.1. The quantitative estimate of drug-likeness (QED) is 0.836. The zero-order valence-electron chi connectivity index (χ0n) is 14.3. The van der Waals surface area contributed by atoms with Crippen molar-refractivity contribution in [1.82, 2.24) is 9.88 Å². The van der Waals surface area contributed by atoms with Gasteiger partial charge in [-0.3, -0.25) is 9.88 Å². The van der Waals surface area contributed by atoms with Gasteiger partial charge in [-0.25, -0.2) is 4.79 Å². The van der Waals surface area contributed by atoms with Crippen molar-refractivity contribution in [2.75, 3.05) is 14.2 Å². The van der Waals surface area contributed by atoms with Crippen molar-refractivity contribution in [1.29, 1.82) is 0 Å². The summed E-state index contributed by atoms with van der Waals surface area (Å²) in [6, 6.07) is 2.98. The van der Waals surface area contributed by atoms with Crippen LogP contribution in [0.2, 0.25) is 5.02 Å². The summed E-state index contributed by atoms with van der Waals surface area (Å²) in [5, 5.41) is 0.555. The van der Waals surface area contributed by atoms with Gasteiger partial charge in [0.05, 0.1) is 11.3 Å². The molecular weight excluding hydrogens is 304 g/mol. The lowest BCUT2D eigenvalue weighted by Gasteiger charge is -2.39. The van der Waals surface area contributed by atoms with Gasteiger partial charge in [-0.15, -0.1) is 0 Å². The van der Waals surface area contributed by atoms with E-state index in [0.717, 1.165) is 0 Å². The smallest absolute Gasteiger partial charge is 0.410 e. The van der Waals surface area contributed by atoms with Crippen molar-refractivity contribution in [3.8, 4) is 0 Å². The summed E-state index contributed by atoms with van der Waals surface area (Å²) in [6.45, 7) is 9.26. The Morgan fingerprint density at radius 2 is 1.91 bits per heavy atom. The molecule has 0 saturated heterocycles. The molecule has 0 aromatic carbocycles. The van der Waals surface area contributed by atoms with E-state index in [1.807, 2.05) is 34.6 Å². The molecule has 0 fully saturated rings. The number of hydrogen-bond donors (Lipinski definition) is 0. The van der Waals surface area contributed by atoms with E-state index in [9.17, 15) is 4.79 Å². The van der Waals surface area contributed by atoms with E-state index in [1.165, 1.54) is 4.90 Å². The zero-order chi connectivity index (χ0) is 17.1. The van der Waals surface area contributed by atoms with Crippen molar-refractivity contribution >= 4 is 17.7 Å². The number of hydrogen-bond acceptors (Lipinski definition) is 4. The van der Waals surface area contributed by atoms with Crippen molar-refractivity contribution < 1.29 is 14.3 Å². The number of pyridine rings is 1. The molecule has 0 aliphatic heterocycles. The van der Waals surface area contributed by atoms with Crippen molar-refractivity contribution in [2.45, 2.75) is 51.9 Å². The lowest BCUT2D eigenvalue weighted by Crippen LogP contribution is -2.46. The molecule has 0 aliphatic rings. The minimum Gasteiger partial charge on any atom is -0.444 e. The molecule has 0 radical (unpaired) electrons. The number of halogens is 1. The van der Waals surface area contributed by atoms with E-state index >= 15 is 0 Å². The normalized spacial score (nSPS) is 13.6. The molecule has 1 amide bonds. The van der Waals surface area contributed by atoms with Crippen molar-refractivity contribution in [3.63, 3.8) is 0 Å². The Hall–Kier alpha value is -1.33. The van der Waals surface area contributed by atoms with Crippen LogP contribution in [0, 0.1) is 0 Å². The number of nitrogens with zero attached hydrogens (tertiary/aromatic N) is 2. The summed E-state index contributed by atoms with van der Waals surface area (Å²) in [5.41, 5.74) is -0.592. The summed E-state index contributed by atoms with van der Waals surface area (Å²) >= 11 is 6.06. The molecule has 0 aliphatic carbocycles. The SMILES string of the molecule is COC(C)(C)C(c1cc(Cl)ccn1)N(C)C(=O)OC(C)(C)C. The van der Waals surface area contributed by atoms with Gasteiger partial charge in [0.1, 0.15) is 11.6 Å². The van der Waals surface area contributed by atoms with E-state index in [1.54, 1.807) is 32.5 Å². The third kappa shape index (κ3) is 4.85. The second kappa shape index (κ2) is 6.84. The molecule has 0 N–H and O–H groups in total. The van der Waals surface area contributed by atoms with Crippen molar-refractivity contribution in [3.05, 3.63) is 29.0 Å². The van der Waals surface area contributed by atoms with Crippen LogP contribution < -0.4 is 0 Å². The Kier molecular flexibility index (Phi) is 5.82. The summed E-state index contributed by atoms with van der Waals surface area (Å²) in [7, 11) is 3.27. The molecule has 1 aromatic rings. The average Bonchev–Trinajstić information content (AvgIpc) is 2.36. The monoisotopic (exact) mass is 328 g/mol. The van der Waals surface area contributed by atoms with Crippen LogP contribution in [0.4, 0.5) is 4.79 Å². The molecule has 22 heavy (non-hydrogen) atoms. The maximum atomic E-state index is 12.4. The Morgan fingerprint density at radius 3 is 2.36 bits per heavy atom. The van der Waals surface area contributed by atoms with Gasteiger partial charge in [-0.05, 0) is 46.8 Å². The highest BCUT2D eigenvalue weighted by atomic mass is 35.5. The number of carbonyl (C=O) groups is 1. The van der Waals surface area contributed by atoms with Gasteiger partial charge >= 0.3 is 6.09 Å². The number of amides is 1. The van der Waals surface area contributed by atoms with Gasteiger partial charge in [0.25, 0.3) is 0 Å². The van der Waals surface area contributed by atoms with Crippen LogP contribution in [0.1, 0.15) is 46.4 Å². The molecule has 1 atom stereocenters. The molecule has 0 saturated carbocycles. The first-order valence-corrected chi connectivity index (χ1v) is 7.48. The fourth-order valence-electron chi connectivity index (χ4n) is 2.14. The second-order valence-electron chi connectivity index (χ2n) is 6.70. The number of ether oxygens (including phenoxy) is 2. The molecule has 1 rings (SSSR count). The molecule has 5 nitrogen and oxygen atoms in total. The van der Waals surface area contributed by atoms with Crippen molar-refractivity contribution in [2.24, 2.45) is 0 Å². The van der Waals surface area contributed by atoms with Gasteiger partial charge < -0.3 is 9.47 Å². The maximum Gasteiger partial charge on any atom is 0.410 e. The van der Waals surface area contributed by atoms with Crippen LogP contribution in [0.15, 0.2) is 18.3 Å². The highest BCUT2D eigenvalue weighted by Gasteiger charge is 2.39. The number of aromatic nitrogens is 1. The highest BCUT2D eigenvalue weighted by Crippen LogP contribution is 2.34. The topological polar surface area (TPSA) is 51.7 Å². The van der Waals surface area contributed by atoms with E-state index < -0.39 is 23.3 Å². The molecular formula is C16H25ClN2O3. The largest absolute Gasteiger partial charge is 0.444 e. The summed E-state index contributed by atoms with van der Waals surface area (Å²) in [5.74, 6) is 0. The number of methoxy groups -OCH3 is 1. The van der Waals surface area contributed by atoms with Gasteiger partial charge in [-0.1, -0.05) is 11.6 Å². The third-order valence-corrected chi connectivity index (χ3v) is 3.51. The van der Waals surface area contributed by atoms with E-state index in [4.69, 9.17) is 21.1 Å². The van der Waals surface area contributed by atoms with Crippen LogP contribution in [0.5, 0.6) is 0 Å². The van der Waals surface area contributed by atoms with Gasteiger partial charge in [0.2, 0.25) is 0 Å².